The fourth-order valence-corrected chi connectivity index (χ4v) is 1.71. The highest BCUT2D eigenvalue weighted by molar-refractivity contribution is 5.90. The van der Waals surface area contributed by atoms with Gasteiger partial charge in [-0.1, -0.05) is 18.7 Å². The van der Waals surface area contributed by atoms with E-state index in [1.807, 2.05) is 12.2 Å². The molecule has 1 fully saturated rings. The summed E-state index contributed by atoms with van der Waals surface area (Å²) < 4.78 is 0. The normalized spacial score (nSPS) is 23.5. The first-order valence-electron chi connectivity index (χ1n) is 4.90. The topological polar surface area (TPSA) is 27.1 Å². The zero-order valence-corrected chi connectivity index (χ0v) is 8.29. The molecule has 72 valence electrons. The molecule has 2 nitrogen and oxygen atoms in total. The second kappa shape index (κ2) is 4.85. The third-order valence-electron chi connectivity index (χ3n) is 2.50. The Bertz CT molecular complexity index is 218. The molecule has 0 saturated carbocycles. The number of hydrogen-bond donors (Lipinski definition) is 1. The van der Waals surface area contributed by atoms with Gasteiger partial charge in [0, 0.05) is 12.6 Å². The molecule has 0 radical (unpaired) electrons. The van der Waals surface area contributed by atoms with Gasteiger partial charge in [0.1, 0.15) is 5.84 Å². The quantitative estimate of drug-likeness (QED) is 0.393. The lowest BCUT2D eigenvalue weighted by atomic mass is 10.0. The van der Waals surface area contributed by atoms with Crippen molar-refractivity contribution in [3.63, 3.8) is 0 Å². The minimum atomic E-state index is 0.524. The summed E-state index contributed by atoms with van der Waals surface area (Å²) in [6.07, 6.45) is 9.08. The van der Waals surface area contributed by atoms with E-state index in [0.29, 0.717) is 11.9 Å². The first kappa shape index (κ1) is 10.0. The minimum Gasteiger partial charge on any atom is -0.354 e. The van der Waals surface area contributed by atoms with Crippen LogP contribution >= 0.6 is 0 Å². The van der Waals surface area contributed by atoms with E-state index in [4.69, 9.17) is 5.41 Å². The van der Waals surface area contributed by atoms with Crippen LogP contribution in [0.2, 0.25) is 0 Å². The van der Waals surface area contributed by atoms with Crippen LogP contribution in [0.15, 0.2) is 24.8 Å². The standard InChI is InChI=1S/C11H18N2/c1-3-4-8-11(12)13-9-6-5-7-10(13)2/h3-4,8,10,12H,1,5-7,9H2,2H3/b8-4+,12-11?. The lowest BCUT2D eigenvalue weighted by molar-refractivity contribution is 0.258. The number of piperidine rings is 1. The molecule has 1 heterocycles. The second-order valence-corrected chi connectivity index (χ2v) is 3.52. The van der Waals surface area contributed by atoms with E-state index < -0.39 is 0 Å². The maximum absolute atomic E-state index is 7.81. The van der Waals surface area contributed by atoms with Gasteiger partial charge >= 0.3 is 0 Å². The molecule has 1 saturated heterocycles. The number of hydrogen-bond acceptors (Lipinski definition) is 1. The molecule has 0 aromatic heterocycles. The van der Waals surface area contributed by atoms with Crippen molar-refractivity contribution in [2.45, 2.75) is 32.2 Å². The van der Waals surface area contributed by atoms with Gasteiger partial charge < -0.3 is 4.90 Å². The van der Waals surface area contributed by atoms with Crippen LogP contribution in [0.3, 0.4) is 0 Å². The fraction of sp³-hybridized carbons (Fsp3) is 0.545. The third-order valence-corrected chi connectivity index (χ3v) is 2.50. The second-order valence-electron chi connectivity index (χ2n) is 3.52. The molecule has 0 spiro atoms. The molecule has 1 rings (SSSR count). The van der Waals surface area contributed by atoms with Gasteiger partial charge in [-0.3, -0.25) is 5.41 Å². The van der Waals surface area contributed by atoms with Crippen LogP contribution in [0.1, 0.15) is 26.2 Å². The molecule has 0 amide bonds. The summed E-state index contributed by atoms with van der Waals surface area (Å²) in [7, 11) is 0. The predicted octanol–water partition coefficient (Wildman–Crippen LogP) is 2.58. The molecular formula is C11H18N2. The van der Waals surface area contributed by atoms with Crippen molar-refractivity contribution in [1.82, 2.24) is 4.90 Å². The Morgan fingerprint density at radius 3 is 2.92 bits per heavy atom. The average Bonchev–Trinajstić information content (AvgIpc) is 2.15. The summed E-state index contributed by atoms with van der Waals surface area (Å²) in [6.45, 7) is 6.81. The Morgan fingerprint density at radius 1 is 1.54 bits per heavy atom. The molecule has 1 N–H and O–H groups in total. The minimum absolute atomic E-state index is 0.524. The third kappa shape index (κ3) is 2.72. The molecule has 0 aliphatic carbocycles. The first-order valence-corrected chi connectivity index (χ1v) is 4.90. The van der Waals surface area contributed by atoms with Crippen molar-refractivity contribution in [3.05, 3.63) is 24.8 Å². The van der Waals surface area contributed by atoms with E-state index in [9.17, 15) is 0 Å². The van der Waals surface area contributed by atoms with Gasteiger partial charge in [-0.15, -0.1) is 0 Å². The SMILES string of the molecule is C=C/C=C/C(=N)N1CCCCC1C. The maximum Gasteiger partial charge on any atom is 0.120 e. The van der Waals surface area contributed by atoms with Crippen molar-refractivity contribution in [2.75, 3.05) is 6.54 Å². The number of nitrogens with zero attached hydrogens (tertiary/aromatic N) is 1. The van der Waals surface area contributed by atoms with Crippen molar-refractivity contribution < 1.29 is 0 Å². The Balaban J connectivity index is 2.53. The van der Waals surface area contributed by atoms with Crippen LogP contribution in [0.4, 0.5) is 0 Å². The van der Waals surface area contributed by atoms with Crippen LogP contribution in [0.25, 0.3) is 0 Å². The number of rotatable bonds is 2. The Labute approximate surface area is 80.4 Å². The molecule has 1 aliphatic heterocycles. The van der Waals surface area contributed by atoms with E-state index in [-0.39, 0.29) is 0 Å². The molecule has 1 aliphatic rings. The lowest BCUT2D eigenvalue weighted by Gasteiger charge is -2.34. The predicted molar refractivity (Wildman–Crippen MR) is 57.1 cm³/mol. The molecule has 0 bridgehead atoms. The summed E-state index contributed by atoms with van der Waals surface area (Å²) in [5, 5.41) is 7.81. The zero-order chi connectivity index (χ0) is 9.68. The summed E-state index contributed by atoms with van der Waals surface area (Å²) in [4.78, 5) is 2.16. The summed E-state index contributed by atoms with van der Waals surface area (Å²) in [5.74, 6) is 0.618. The highest BCUT2D eigenvalue weighted by Crippen LogP contribution is 2.16. The number of allylic oxidation sites excluding steroid dienone is 2. The van der Waals surface area contributed by atoms with Crippen LogP contribution in [0, 0.1) is 5.41 Å². The number of amidine groups is 1. The van der Waals surface area contributed by atoms with E-state index in [1.165, 1.54) is 19.3 Å². The zero-order valence-electron chi connectivity index (χ0n) is 8.29. The van der Waals surface area contributed by atoms with Gasteiger partial charge in [0.2, 0.25) is 0 Å². The van der Waals surface area contributed by atoms with Crippen molar-refractivity contribution >= 4 is 5.84 Å². The van der Waals surface area contributed by atoms with E-state index in [2.05, 4.69) is 18.4 Å². The molecule has 13 heavy (non-hydrogen) atoms. The van der Waals surface area contributed by atoms with E-state index in [1.54, 1.807) is 6.08 Å². The van der Waals surface area contributed by atoms with Gasteiger partial charge in [-0.2, -0.15) is 0 Å². The molecule has 0 aromatic carbocycles. The Hall–Kier alpha value is -1.05. The average molecular weight is 178 g/mol. The van der Waals surface area contributed by atoms with Crippen LogP contribution in [-0.2, 0) is 0 Å². The summed E-state index contributed by atoms with van der Waals surface area (Å²) in [5.41, 5.74) is 0. The van der Waals surface area contributed by atoms with E-state index in [0.717, 1.165) is 6.54 Å². The van der Waals surface area contributed by atoms with Gasteiger partial charge in [-0.25, -0.2) is 0 Å². The van der Waals surface area contributed by atoms with Crippen molar-refractivity contribution in [3.8, 4) is 0 Å². The number of nitrogens with one attached hydrogen (secondary N) is 1. The monoisotopic (exact) mass is 178 g/mol. The van der Waals surface area contributed by atoms with Crippen LogP contribution in [0.5, 0.6) is 0 Å². The molecule has 1 atom stereocenters. The highest BCUT2D eigenvalue weighted by Gasteiger charge is 2.18. The Morgan fingerprint density at radius 2 is 2.31 bits per heavy atom. The van der Waals surface area contributed by atoms with Gasteiger partial charge in [0.05, 0.1) is 0 Å². The smallest absolute Gasteiger partial charge is 0.120 e. The Kier molecular flexibility index (Phi) is 3.74. The molecule has 2 heteroatoms. The molecular weight excluding hydrogens is 160 g/mol. The molecule has 0 aromatic rings. The van der Waals surface area contributed by atoms with Gasteiger partial charge in [-0.05, 0) is 32.3 Å². The van der Waals surface area contributed by atoms with Crippen molar-refractivity contribution in [2.24, 2.45) is 0 Å². The summed E-state index contributed by atoms with van der Waals surface area (Å²) >= 11 is 0. The molecule has 1 unspecified atom stereocenters. The first-order chi connectivity index (χ1) is 6.25. The van der Waals surface area contributed by atoms with Crippen LogP contribution in [-0.4, -0.2) is 23.3 Å². The van der Waals surface area contributed by atoms with Gasteiger partial charge in [0.15, 0.2) is 0 Å². The van der Waals surface area contributed by atoms with Crippen molar-refractivity contribution in [1.29, 1.82) is 5.41 Å². The highest BCUT2D eigenvalue weighted by atomic mass is 15.2. The van der Waals surface area contributed by atoms with Crippen LogP contribution < -0.4 is 0 Å². The largest absolute Gasteiger partial charge is 0.354 e. The fourth-order valence-electron chi connectivity index (χ4n) is 1.71. The summed E-state index contributed by atoms with van der Waals surface area (Å²) in [6, 6.07) is 0.524. The van der Waals surface area contributed by atoms with E-state index >= 15 is 0 Å². The lowest BCUT2D eigenvalue weighted by Crippen LogP contribution is -2.40. The van der Waals surface area contributed by atoms with Gasteiger partial charge in [0.25, 0.3) is 0 Å². The maximum atomic E-state index is 7.81. The number of likely N-dealkylation sites (tertiary alicyclic amines) is 1.